The van der Waals surface area contributed by atoms with E-state index in [4.69, 9.17) is 9.47 Å². The SMILES string of the molecule is CCOC(=O)C[C@@H](NS(=O)(=O)c1ccc(OCC)cc1)c1ccc(C)cc1. The van der Waals surface area contributed by atoms with Crippen LogP contribution in [-0.2, 0) is 19.6 Å². The number of nitrogens with one attached hydrogen (secondary N) is 1. The molecule has 2 aromatic rings. The summed E-state index contributed by atoms with van der Waals surface area (Å²) >= 11 is 0. The lowest BCUT2D eigenvalue weighted by molar-refractivity contribution is -0.143. The first-order valence-electron chi connectivity index (χ1n) is 8.83. The monoisotopic (exact) mass is 391 g/mol. The number of hydrogen-bond donors (Lipinski definition) is 1. The van der Waals surface area contributed by atoms with E-state index in [0.717, 1.165) is 5.56 Å². The number of aryl methyl sites for hydroxylation is 1. The number of rotatable bonds is 9. The van der Waals surface area contributed by atoms with E-state index >= 15 is 0 Å². The molecule has 0 unspecified atom stereocenters. The fourth-order valence-corrected chi connectivity index (χ4v) is 3.77. The highest BCUT2D eigenvalue weighted by Crippen LogP contribution is 2.23. The van der Waals surface area contributed by atoms with Crippen molar-refractivity contribution < 1.29 is 22.7 Å². The molecule has 1 atom stereocenters. The maximum atomic E-state index is 12.8. The van der Waals surface area contributed by atoms with Crippen molar-refractivity contribution in [1.82, 2.24) is 4.72 Å². The van der Waals surface area contributed by atoms with Crippen LogP contribution in [0.25, 0.3) is 0 Å². The quantitative estimate of drug-likeness (QED) is 0.663. The average Bonchev–Trinajstić information content (AvgIpc) is 2.62. The van der Waals surface area contributed by atoms with Gasteiger partial charge in [0.15, 0.2) is 0 Å². The predicted octanol–water partition coefficient (Wildman–Crippen LogP) is 3.37. The summed E-state index contributed by atoms with van der Waals surface area (Å²) in [4.78, 5) is 12.1. The molecule has 0 bridgehead atoms. The van der Waals surface area contributed by atoms with Crippen LogP contribution in [0.2, 0.25) is 0 Å². The lowest BCUT2D eigenvalue weighted by Crippen LogP contribution is -2.30. The Labute approximate surface area is 160 Å². The van der Waals surface area contributed by atoms with E-state index in [2.05, 4.69) is 4.72 Å². The van der Waals surface area contributed by atoms with Crippen molar-refractivity contribution in [2.75, 3.05) is 13.2 Å². The smallest absolute Gasteiger partial charge is 0.307 e. The number of hydrogen-bond acceptors (Lipinski definition) is 5. The Hall–Kier alpha value is -2.38. The standard InChI is InChI=1S/C20H25NO5S/c1-4-25-17-10-12-18(13-11-17)27(23,24)21-19(14-20(22)26-5-2)16-8-6-15(3)7-9-16/h6-13,19,21H,4-5,14H2,1-3H3/t19-/m1/s1. The maximum absolute atomic E-state index is 12.8. The van der Waals surface area contributed by atoms with Crippen molar-refractivity contribution >= 4 is 16.0 Å². The molecule has 2 aromatic carbocycles. The van der Waals surface area contributed by atoms with Crippen molar-refractivity contribution in [1.29, 1.82) is 0 Å². The number of carbonyl (C=O) groups excluding carboxylic acids is 1. The molecule has 0 spiro atoms. The molecule has 6 nitrogen and oxygen atoms in total. The minimum absolute atomic E-state index is 0.0901. The summed E-state index contributed by atoms with van der Waals surface area (Å²) in [7, 11) is -3.82. The molecule has 27 heavy (non-hydrogen) atoms. The first-order valence-corrected chi connectivity index (χ1v) is 10.3. The van der Waals surface area contributed by atoms with Gasteiger partial charge in [0.2, 0.25) is 10.0 Å². The lowest BCUT2D eigenvalue weighted by atomic mass is 10.0. The zero-order chi connectivity index (χ0) is 19.9. The fourth-order valence-electron chi connectivity index (χ4n) is 2.55. The highest BCUT2D eigenvalue weighted by atomic mass is 32.2. The second-order valence-corrected chi connectivity index (χ2v) is 7.71. The molecule has 0 fully saturated rings. The molecule has 1 N–H and O–H groups in total. The molecule has 0 amide bonds. The Morgan fingerprint density at radius 3 is 2.19 bits per heavy atom. The van der Waals surface area contributed by atoms with Gasteiger partial charge in [0, 0.05) is 0 Å². The average molecular weight is 391 g/mol. The molecule has 0 saturated carbocycles. The molecule has 0 aliphatic rings. The number of sulfonamides is 1. The van der Waals surface area contributed by atoms with Crippen LogP contribution in [0.5, 0.6) is 5.75 Å². The van der Waals surface area contributed by atoms with Gasteiger partial charge in [-0.15, -0.1) is 0 Å². The molecule has 0 saturated heterocycles. The summed E-state index contributed by atoms with van der Waals surface area (Å²) in [6, 6.07) is 12.8. The third kappa shape index (κ3) is 6.08. The van der Waals surface area contributed by atoms with Gasteiger partial charge >= 0.3 is 5.97 Å². The van der Waals surface area contributed by atoms with Crippen molar-refractivity contribution in [2.24, 2.45) is 0 Å². The van der Waals surface area contributed by atoms with Crippen LogP contribution in [0.15, 0.2) is 53.4 Å². The normalized spacial score (nSPS) is 12.4. The highest BCUT2D eigenvalue weighted by Gasteiger charge is 2.24. The van der Waals surface area contributed by atoms with Gasteiger partial charge in [-0.3, -0.25) is 4.79 Å². The molecule has 0 heterocycles. The van der Waals surface area contributed by atoms with E-state index in [1.54, 1.807) is 31.2 Å². The number of esters is 1. The Kier molecular flexibility index (Phi) is 7.38. The third-order valence-corrected chi connectivity index (χ3v) is 5.39. The summed E-state index contributed by atoms with van der Waals surface area (Å²) in [5, 5.41) is 0. The minimum atomic E-state index is -3.82. The van der Waals surface area contributed by atoms with Crippen LogP contribution >= 0.6 is 0 Å². The van der Waals surface area contributed by atoms with Gasteiger partial charge in [0.05, 0.1) is 30.6 Å². The summed E-state index contributed by atoms with van der Waals surface area (Å²) in [6.07, 6.45) is -0.0901. The fraction of sp³-hybridized carbons (Fsp3) is 0.350. The van der Waals surface area contributed by atoms with Crippen LogP contribution in [0.3, 0.4) is 0 Å². The molecule has 0 aliphatic carbocycles. The largest absolute Gasteiger partial charge is 0.494 e. The molecular formula is C20H25NO5S. The third-order valence-electron chi connectivity index (χ3n) is 3.90. The Bertz CT molecular complexity index is 845. The van der Waals surface area contributed by atoms with E-state index in [9.17, 15) is 13.2 Å². The summed E-state index contributed by atoms with van der Waals surface area (Å²) in [5.41, 5.74) is 1.74. The zero-order valence-corrected chi connectivity index (χ0v) is 16.6. The van der Waals surface area contributed by atoms with E-state index in [1.807, 2.05) is 26.0 Å². The van der Waals surface area contributed by atoms with Crippen LogP contribution in [-0.4, -0.2) is 27.6 Å². The van der Waals surface area contributed by atoms with Crippen molar-refractivity contribution in [2.45, 2.75) is 38.1 Å². The van der Waals surface area contributed by atoms with Crippen LogP contribution < -0.4 is 9.46 Å². The maximum Gasteiger partial charge on any atom is 0.307 e. The molecular weight excluding hydrogens is 366 g/mol. The van der Waals surface area contributed by atoms with Crippen molar-refractivity contribution in [3.63, 3.8) is 0 Å². The predicted molar refractivity (Wildman–Crippen MR) is 103 cm³/mol. The van der Waals surface area contributed by atoms with Gasteiger partial charge in [0.1, 0.15) is 5.75 Å². The van der Waals surface area contributed by atoms with Gasteiger partial charge in [-0.25, -0.2) is 13.1 Å². The summed E-state index contributed by atoms with van der Waals surface area (Å²) in [6.45, 7) is 6.25. The van der Waals surface area contributed by atoms with Gasteiger partial charge in [-0.2, -0.15) is 0 Å². The van der Waals surface area contributed by atoms with Gasteiger partial charge in [-0.1, -0.05) is 29.8 Å². The molecule has 0 aromatic heterocycles. The van der Waals surface area contributed by atoms with Gasteiger partial charge in [-0.05, 0) is 50.6 Å². The van der Waals surface area contributed by atoms with Crippen LogP contribution in [0, 0.1) is 6.92 Å². The first-order chi connectivity index (χ1) is 12.9. The van der Waals surface area contributed by atoms with E-state index in [-0.39, 0.29) is 17.9 Å². The number of ether oxygens (including phenoxy) is 2. The minimum Gasteiger partial charge on any atom is -0.494 e. The van der Waals surface area contributed by atoms with Crippen LogP contribution in [0.1, 0.15) is 37.4 Å². The molecule has 0 aliphatic heterocycles. The molecule has 2 rings (SSSR count). The summed E-state index contributed by atoms with van der Waals surface area (Å²) in [5.74, 6) is 0.135. The first kappa shape index (κ1) is 20.9. The van der Waals surface area contributed by atoms with Gasteiger partial charge in [0.25, 0.3) is 0 Å². The summed E-state index contributed by atoms with van der Waals surface area (Å²) < 4.78 is 38.5. The molecule has 146 valence electrons. The second-order valence-electron chi connectivity index (χ2n) is 6.00. The van der Waals surface area contributed by atoms with E-state index < -0.39 is 22.0 Å². The van der Waals surface area contributed by atoms with Gasteiger partial charge < -0.3 is 9.47 Å². The van der Waals surface area contributed by atoms with Crippen LogP contribution in [0.4, 0.5) is 0 Å². The molecule has 7 heteroatoms. The van der Waals surface area contributed by atoms with E-state index in [0.29, 0.717) is 17.9 Å². The Morgan fingerprint density at radius 2 is 1.63 bits per heavy atom. The Balaban J connectivity index is 2.26. The Morgan fingerprint density at radius 1 is 1.00 bits per heavy atom. The van der Waals surface area contributed by atoms with E-state index in [1.165, 1.54) is 12.1 Å². The van der Waals surface area contributed by atoms with Crippen molar-refractivity contribution in [3.8, 4) is 5.75 Å². The highest BCUT2D eigenvalue weighted by molar-refractivity contribution is 7.89. The number of benzene rings is 2. The lowest BCUT2D eigenvalue weighted by Gasteiger charge is -2.19. The van der Waals surface area contributed by atoms with Crippen molar-refractivity contribution in [3.05, 3.63) is 59.7 Å². The topological polar surface area (TPSA) is 81.7 Å². The number of carbonyl (C=O) groups is 1. The zero-order valence-electron chi connectivity index (χ0n) is 15.8. The molecule has 0 radical (unpaired) electrons. The second kappa shape index (κ2) is 9.53.